The Morgan fingerprint density at radius 1 is 1.22 bits per heavy atom. The zero-order valence-corrected chi connectivity index (χ0v) is 20.9. The van der Waals surface area contributed by atoms with Gasteiger partial charge in [-0.3, -0.25) is 14.5 Å². The predicted octanol–water partition coefficient (Wildman–Crippen LogP) is 2.44. The second-order valence-electron chi connectivity index (χ2n) is 9.19. The SMILES string of the molecule is CCCC(CCO)Nc1nc(N)nc2cnn(Cc3ccc(C(=O)N4CCOCC4)c4cccnc34)c12. The number of aromatic nitrogens is 5. The first-order chi connectivity index (χ1) is 18.1. The molecular weight excluding hydrogens is 472 g/mol. The maximum absolute atomic E-state index is 13.3. The number of hydrogen-bond donors (Lipinski definition) is 3. The molecule has 4 N–H and O–H groups in total. The number of benzene rings is 1. The molecule has 0 radical (unpaired) electrons. The molecule has 4 aromatic rings. The number of morpholine rings is 1. The Morgan fingerprint density at radius 2 is 2.05 bits per heavy atom. The Balaban J connectivity index is 1.52. The van der Waals surface area contributed by atoms with Crippen LogP contribution in [-0.2, 0) is 11.3 Å². The fourth-order valence-electron chi connectivity index (χ4n) is 4.87. The fraction of sp³-hybridized carbons (Fsp3) is 0.423. The first kappa shape index (κ1) is 24.8. The Morgan fingerprint density at radius 3 is 2.84 bits per heavy atom. The van der Waals surface area contributed by atoms with Gasteiger partial charge in [0.2, 0.25) is 5.95 Å². The third-order valence-corrected chi connectivity index (χ3v) is 6.66. The van der Waals surface area contributed by atoms with Gasteiger partial charge in [-0.2, -0.15) is 10.1 Å². The molecule has 1 aliphatic rings. The predicted molar refractivity (Wildman–Crippen MR) is 141 cm³/mol. The van der Waals surface area contributed by atoms with Gasteiger partial charge < -0.3 is 25.8 Å². The summed E-state index contributed by atoms with van der Waals surface area (Å²) < 4.78 is 7.23. The number of pyridine rings is 1. The number of nitrogen functional groups attached to an aromatic ring is 1. The number of nitrogens with one attached hydrogen (secondary N) is 1. The average Bonchev–Trinajstić information content (AvgIpc) is 3.31. The lowest BCUT2D eigenvalue weighted by molar-refractivity contribution is 0.0304. The maximum Gasteiger partial charge on any atom is 0.254 e. The zero-order valence-electron chi connectivity index (χ0n) is 20.9. The van der Waals surface area contributed by atoms with Crippen LogP contribution in [-0.4, -0.2) is 79.6 Å². The monoisotopic (exact) mass is 504 g/mol. The van der Waals surface area contributed by atoms with Crippen molar-refractivity contribution in [2.24, 2.45) is 0 Å². The summed E-state index contributed by atoms with van der Waals surface area (Å²) in [6.07, 6.45) is 5.85. The number of nitrogens with zero attached hydrogens (tertiary/aromatic N) is 6. The molecule has 1 fully saturated rings. The number of ether oxygens (including phenoxy) is 1. The first-order valence-electron chi connectivity index (χ1n) is 12.7. The molecular formula is C26H32N8O3. The van der Waals surface area contributed by atoms with Crippen LogP contribution in [0, 0.1) is 0 Å². The lowest BCUT2D eigenvalue weighted by atomic mass is 10.0. The van der Waals surface area contributed by atoms with Crippen LogP contribution >= 0.6 is 0 Å². The van der Waals surface area contributed by atoms with Crippen LogP contribution in [0.3, 0.4) is 0 Å². The number of carbonyl (C=O) groups is 1. The molecule has 0 bridgehead atoms. The molecule has 1 amide bonds. The van der Waals surface area contributed by atoms with Gasteiger partial charge in [0.1, 0.15) is 11.0 Å². The summed E-state index contributed by atoms with van der Waals surface area (Å²) in [7, 11) is 0. The molecule has 11 nitrogen and oxygen atoms in total. The number of aliphatic hydroxyl groups excluding tert-OH is 1. The van der Waals surface area contributed by atoms with Crippen LogP contribution in [0.4, 0.5) is 11.8 Å². The number of rotatable bonds is 9. The summed E-state index contributed by atoms with van der Waals surface area (Å²) >= 11 is 0. The minimum atomic E-state index is -0.0152. The van der Waals surface area contributed by atoms with E-state index in [4.69, 9.17) is 10.5 Å². The molecule has 0 spiro atoms. The second kappa shape index (κ2) is 11.1. The van der Waals surface area contributed by atoms with Crippen molar-refractivity contribution in [2.75, 3.05) is 44.0 Å². The van der Waals surface area contributed by atoms with E-state index < -0.39 is 0 Å². The number of anilines is 2. The summed E-state index contributed by atoms with van der Waals surface area (Å²) in [5.74, 6) is 0.730. The van der Waals surface area contributed by atoms with Gasteiger partial charge in [-0.25, -0.2) is 4.98 Å². The topological polar surface area (TPSA) is 144 Å². The summed E-state index contributed by atoms with van der Waals surface area (Å²) in [6, 6.07) is 7.63. The number of nitrogens with two attached hydrogens (primary N) is 1. The molecule has 1 unspecified atom stereocenters. The van der Waals surface area contributed by atoms with E-state index in [-0.39, 0.29) is 24.5 Å². The average molecular weight is 505 g/mol. The molecule has 11 heteroatoms. The third-order valence-electron chi connectivity index (χ3n) is 6.66. The van der Waals surface area contributed by atoms with E-state index in [2.05, 4.69) is 32.3 Å². The molecule has 3 aromatic heterocycles. The van der Waals surface area contributed by atoms with E-state index in [1.165, 1.54) is 0 Å². The lowest BCUT2D eigenvalue weighted by Crippen LogP contribution is -2.40. The van der Waals surface area contributed by atoms with Crippen LogP contribution in [0.1, 0.15) is 42.1 Å². The van der Waals surface area contributed by atoms with Crippen molar-refractivity contribution in [3.8, 4) is 0 Å². The Hall–Kier alpha value is -3.83. The highest BCUT2D eigenvalue weighted by atomic mass is 16.5. The highest BCUT2D eigenvalue weighted by Crippen LogP contribution is 2.27. The van der Waals surface area contributed by atoms with Crippen LogP contribution in [0.25, 0.3) is 21.9 Å². The van der Waals surface area contributed by atoms with Crippen molar-refractivity contribution in [3.63, 3.8) is 0 Å². The highest BCUT2D eigenvalue weighted by Gasteiger charge is 2.22. The van der Waals surface area contributed by atoms with Crippen LogP contribution in [0.2, 0.25) is 0 Å². The summed E-state index contributed by atoms with van der Waals surface area (Å²) in [4.78, 5) is 28.6. The molecule has 4 heterocycles. The molecule has 1 aromatic carbocycles. The van der Waals surface area contributed by atoms with Gasteiger partial charge in [0, 0.05) is 42.9 Å². The Bertz CT molecular complexity index is 1390. The van der Waals surface area contributed by atoms with Gasteiger partial charge in [0.25, 0.3) is 5.91 Å². The van der Waals surface area contributed by atoms with E-state index in [0.717, 1.165) is 34.8 Å². The van der Waals surface area contributed by atoms with E-state index >= 15 is 0 Å². The molecule has 5 rings (SSSR count). The molecule has 1 saturated heterocycles. The second-order valence-corrected chi connectivity index (χ2v) is 9.19. The third kappa shape index (κ3) is 5.18. The molecule has 194 valence electrons. The van der Waals surface area contributed by atoms with Crippen molar-refractivity contribution in [1.29, 1.82) is 0 Å². The van der Waals surface area contributed by atoms with Gasteiger partial charge >= 0.3 is 0 Å². The van der Waals surface area contributed by atoms with E-state index in [1.807, 2.05) is 33.8 Å². The minimum absolute atomic E-state index is 0.0152. The van der Waals surface area contributed by atoms with E-state index in [1.54, 1.807) is 12.4 Å². The number of hydrogen-bond acceptors (Lipinski definition) is 9. The normalized spacial score (nSPS) is 14.8. The molecule has 37 heavy (non-hydrogen) atoms. The quantitative estimate of drug-likeness (QED) is 0.313. The van der Waals surface area contributed by atoms with Crippen molar-refractivity contribution in [1.82, 2.24) is 29.6 Å². The van der Waals surface area contributed by atoms with Crippen molar-refractivity contribution >= 4 is 39.6 Å². The molecule has 1 aliphatic heterocycles. The molecule has 0 saturated carbocycles. The van der Waals surface area contributed by atoms with Crippen molar-refractivity contribution < 1.29 is 14.6 Å². The fourth-order valence-corrected chi connectivity index (χ4v) is 4.87. The summed E-state index contributed by atoms with van der Waals surface area (Å²) in [5, 5.41) is 18.3. The smallest absolute Gasteiger partial charge is 0.254 e. The standard InChI is InChI=1S/C26H32N8O3/c1-2-4-18(8-12-35)30-24-23-21(31-26(27)32-24)15-29-34(23)16-17-6-7-20(19-5-3-9-28-22(17)19)25(36)33-10-13-37-14-11-33/h3,5-7,9,15,18,35H,2,4,8,10-14,16H2,1H3,(H3,27,30,31,32). The van der Waals surface area contributed by atoms with Crippen LogP contribution in [0.15, 0.2) is 36.7 Å². The summed E-state index contributed by atoms with van der Waals surface area (Å²) in [6.45, 7) is 4.84. The first-order valence-corrected chi connectivity index (χ1v) is 12.7. The van der Waals surface area contributed by atoms with E-state index in [9.17, 15) is 9.90 Å². The van der Waals surface area contributed by atoms with Crippen molar-refractivity contribution in [2.45, 2.75) is 38.8 Å². The molecule has 0 aliphatic carbocycles. The van der Waals surface area contributed by atoms with Crippen molar-refractivity contribution in [3.05, 3.63) is 47.8 Å². The Labute approximate surface area is 214 Å². The van der Waals surface area contributed by atoms with Gasteiger partial charge in [0.15, 0.2) is 5.82 Å². The van der Waals surface area contributed by atoms with Crippen LogP contribution < -0.4 is 11.1 Å². The minimum Gasteiger partial charge on any atom is -0.396 e. The van der Waals surface area contributed by atoms with Gasteiger partial charge in [-0.15, -0.1) is 0 Å². The number of fused-ring (bicyclic) bond motifs is 2. The van der Waals surface area contributed by atoms with E-state index in [0.29, 0.717) is 56.2 Å². The number of carbonyl (C=O) groups excluding carboxylic acids is 1. The van der Waals surface area contributed by atoms with Gasteiger partial charge in [0.05, 0.1) is 31.5 Å². The zero-order chi connectivity index (χ0) is 25.8. The number of aliphatic hydroxyl groups is 1. The van der Waals surface area contributed by atoms with Gasteiger partial charge in [-0.1, -0.05) is 25.5 Å². The molecule has 1 atom stereocenters. The summed E-state index contributed by atoms with van der Waals surface area (Å²) in [5.41, 5.74) is 9.64. The largest absolute Gasteiger partial charge is 0.396 e. The maximum atomic E-state index is 13.3. The highest BCUT2D eigenvalue weighted by molar-refractivity contribution is 6.07. The Kier molecular flexibility index (Phi) is 7.42. The van der Waals surface area contributed by atoms with Gasteiger partial charge in [-0.05, 0) is 30.5 Å². The lowest BCUT2D eigenvalue weighted by Gasteiger charge is -2.27. The number of amides is 1. The van der Waals surface area contributed by atoms with Crippen LogP contribution in [0.5, 0.6) is 0 Å².